The minimum Gasteiger partial charge on any atom is -0.481 e. The topological polar surface area (TPSA) is 72.5 Å². The molecule has 0 bridgehead atoms. The molecule has 128 valence electrons. The van der Waals surface area contributed by atoms with E-state index < -0.39 is 22.0 Å². The zero-order chi connectivity index (χ0) is 17.9. The molecule has 0 aliphatic carbocycles. The molecule has 1 unspecified atom stereocenters. The summed E-state index contributed by atoms with van der Waals surface area (Å²) in [6.45, 7) is 5.11. The maximum Gasteiger partial charge on any atom is 0.274 e. The molecule has 1 amide bonds. The van der Waals surface area contributed by atoms with Gasteiger partial charge in [0, 0.05) is 5.02 Å². The summed E-state index contributed by atoms with van der Waals surface area (Å²) in [4.78, 5) is 12.2. The lowest BCUT2D eigenvalue weighted by atomic mass is 10.2. The van der Waals surface area contributed by atoms with Gasteiger partial charge in [-0.25, -0.2) is 13.1 Å². The molecule has 1 N–H and O–H groups in total. The summed E-state index contributed by atoms with van der Waals surface area (Å²) in [5.74, 6) is -0.278. The van der Waals surface area contributed by atoms with E-state index in [1.165, 1.54) is 19.1 Å². The molecule has 0 aromatic heterocycles. The Balaban J connectivity index is 2.09. The van der Waals surface area contributed by atoms with Crippen molar-refractivity contribution in [1.29, 1.82) is 0 Å². The van der Waals surface area contributed by atoms with Crippen LogP contribution in [0.25, 0.3) is 0 Å². The summed E-state index contributed by atoms with van der Waals surface area (Å²) in [7, 11) is -3.93. The predicted molar refractivity (Wildman–Crippen MR) is 92.8 cm³/mol. The zero-order valence-electron chi connectivity index (χ0n) is 13.5. The second-order valence-electron chi connectivity index (χ2n) is 5.45. The first-order valence-electron chi connectivity index (χ1n) is 7.25. The molecule has 7 heteroatoms. The molecule has 0 fully saturated rings. The van der Waals surface area contributed by atoms with Crippen LogP contribution in [-0.4, -0.2) is 20.4 Å². The molecule has 2 aromatic rings. The van der Waals surface area contributed by atoms with Crippen LogP contribution in [0, 0.1) is 13.8 Å². The maximum atomic E-state index is 12.2. The Labute approximate surface area is 146 Å². The van der Waals surface area contributed by atoms with E-state index in [1.54, 1.807) is 37.3 Å². The van der Waals surface area contributed by atoms with Gasteiger partial charge in [0.05, 0.1) is 4.90 Å². The SMILES string of the molecule is Cc1ccc(S(=O)(=O)NC(=O)C(C)Oc2ccc(Cl)cc2C)cc1. The molecular weight excluding hydrogens is 350 g/mol. The highest BCUT2D eigenvalue weighted by Crippen LogP contribution is 2.23. The molecule has 0 aliphatic heterocycles. The summed E-state index contributed by atoms with van der Waals surface area (Å²) >= 11 is 5.87. The van der Waals surface area contributed by atoms with Crippen molar-refractivity contribution in [2.75, 3.05) is 0 Å². The van der Waals surface area contributed by atoms with Crippen molar-refractivity contribution < 1.29 is 17.9 Å². The number of amides is 1. The number of rotatable bonds is 5. The van der Waals surface area contributed by atoms with Crippen LogP contribution in [0.4, 0.5) is 0 Å². The van der Waals surface area contributed by atoms with Crippen molar-refractivity contribution in [3.05, 3.63) is 58.6 Å². The molecule has 2 rings (SSSR count). The van der Waals surface area contributed by atoms with Gasteiger partial charge in [-0.1, -0.05) is 29.3 Å². The summed E-state index contributed by atoms with van der Waals surface area (Å²) in [5.41, 5.74) is 1.68. The molecule has 5 nitrogen and oxygen atoms in total. The van der Waals surface area contributed by atoms with Gasteiger partial charge in [-0.2, -0.15) is 0 Å². The minimum atomic E-state index is -3.93. The van der Waals surface area contributed by atoms with E-state index in [0.29, 0.717) is 10.8 Å². The van der Waals surface area contributed by atoms with E-state index >= 15 is 0 Å². The van der Waals surface area contributed by atoms with Gasteiger partial charge in [0.15, 0.2) is 6.10 Å². The van der Waals surface area contributed by atoms with E-state index in [1.807, 2.05) is 11.6 Å². The van der Waals surface area contributed by atoms with Crippen molar-refractivity contribution in [2.45, 2.75) is 31.8 Å². The largest absolute Gasteiger partial charge is 0.481 e. The number of ether oxygens (including phenoxy) is 1. The van der Waals surface area contributed by atoms with Gasteiger partial charge in [-0.15, -0.1) is 0 Å². The van der Waals surface area contributed by atoms with E-state index in [2.05, 4.69) is 0 Å². The molecule has 0 heterocycles. The first-order valence-corrected chi connectivity index (χ1v) is 9.11. The third-order valence-corrected chi connectivity index (χ3v) is 4.97. The van der Waals surface area contributed by atoms with Gasteiger partial charge in [-0.05, 0) is 56.7 Å². The highest BCUT2D eigenvalue weighted by atomic mass is 35.5. The van der Waals surface area contributed by atoms with Crippen LogP contribution in [0.1, 0.15) is 18.1 Å². The van der Waals surface area contributed by atoms with Crippen LogP contribution in [0.5, 0.6) is 5.75 Å². The average molecular weight is 368 g/mol. The van der Waals surface area contributed by atoms with Crippen molar-refractivity contribution >= 4 is 27.5 Å². The third kappa shape index (κ3) is 4.49. The van der Waals surface area contributed by atoms with Crippen LogP contribution in [0.2, 0.25) is 5.02 Å². The van der Waals surface area contributed by atoms with Gasteiger partial charge in [0.2, 0.25) is 0 Å². The lowest BCUT2D eigenvalue weighted by molar-refractivity contribution is -0.125. The quantitative estimate of drug-likeness (QED) is 0.880. The number of carbonyl (C=O) groups is 1. The van der Waals surface area contributed by atoms with Crippen molar-refractivity contribution in [2.24, 2.45) is 0 Å². The summed E-state index contributed by atoms with van der Waals surface area (Å²) in [6.07, 6.45) is -0.981. The Morgan fingerprint density at radius 1 is 1.12 bits per heavy atom. The lowest BCUT2D eigenvalue weighted by Gasteiger charge is -2.16. The molecule has 0 radical (unpaired) electrons. The van der Waals surface area contributed by atoms with Crippen LogP contribution in [0.15, 0.2) is 47.4 Å². The van der Waals surface area contributed by atoms with E-state index in [0.717, 1.165) is 11.1 Å². The van der Waals surface area contributed by atoms with Gasteiger partial charge < -0.3 is 4.74 Å². The molecular formula is C17H18ClNO4S. The minimum absolute atomic E-state index is 0.0244. The molecule has 2 aromatic carbocycles. The molecule has 0 spiro atoms. The predicted octanol–water partition coefficient (Wildman–Crippen LogP) is 3.23. The first kappa shape index (κ1) is 18.3. The summed E-state index contributed by atoms with van der Waals surface area (Å²) in [6, 6.07) is 11.2. The van der Waals surface area contributed by atoms with Crippen molar-refractivity contribution in [3.8, 4) is 5.75 Å². The summed E-state index contributed by atoms with van der Waals surface area (Å²) < 4.78 is 32.0. The van der Waals surface area contributed by atoms with Crippen molar-refractivity contribution in [1.82, 2.24) is 4.72 Å². The number of halogens is 1. The lowest BCUT2D eigenvalue weighted by Crippen LogP contribution is -2.40. The highest BCUT2D eigenvalue weighted by molar-refractivity contribution is 7.90. The van der Waals surface area contributed by atoms with Gasteiger partial charge in [0.25, 0.3) is 15.9 Å². The number of nitrogens with one attached hydrogen (secondary N) is 1. The van der Waals surface area contributed by atoms with E-state index in [-0.39, 0.29) is 4.90 Å². The highest BCUT2D eigenvalue weighted by Gasteiger charge is 2.23. The Morgan fingerprint density at radius 3 is 2.33 bits per heavy atom. The summed E-state index contributed by atoms with van der Waals surface area (Å²) in [5, 5.41) is 0.555. The molecule has 1 atom stereocenters. The fourth-order valence-corrected chi connectivity index (χ4v) is 3.25. The number of hydrogen-bond acceptors (Lipinski definition) is 4. The van der Waals surface area contributed by atoms with Gasteiger partial charge in [-0.3, -0.25) is 4.79 Å². The van der Waals surface area contributed by atoms with Gasteiger partial charge in [0.1, 0.15) is 5.75 Å². The fourth-order valence-electron chi connectivity index (χ4n) is 1.98. The zero-order valence-corrected chi connectivity index (χ0v) is 15.1. The Kier molecular flexibility index (Phi) is 5.51. The van der Waals surface area contributed by atoms with Crippen LogP contribution in [0.3, 0.4) is 0 Å². The fraction of sp³-hybridized carbons (Fsp3) is 0.235. The first-order chi connectivity index (χ1) is 11.2. The Morgan fingerprint density at radius 2 is 1.75 bits per heavy atom. The smallest absolute Gasteiger partial charge is 0.274 e. The van der Waals surface area contributed by atoms with Crippen LogP contribution < -0.4 is 9.46 Å². The second-order valence-corrected chi connectivity index (χ2v) is 7.57. The van der Waals surface area contributed by atoms with E-state index in [9.17, 15) is 13.2 Å². The number of sulfonamides is 1. The van der Waals surface area contributed by atoms with E-state index in [4.69, 9.17) is 16.3 Å². The molecule has 0 saturated heterocycles. The monoisotopic (exact) mass is 367 g/mol. The Bertz CT molecular complexity index is 847. The number of aryl methyl sites for hydroxylation is 2. The number of benzene rings is 2. The Hall–Kier alpha value is -2.05. The van der Waals surface area contributed by atoms with Crippen LogP contribution >= 0.6 is 11.6 Å². The normalized spacial score (nSPS) is 12.5. The molecule has 0 saturated carbocycles. The standard InChI is InChI=1S/C17H18ClNO4S/c1-11-4-7-15(8-5-11)24(21,22)19-17(20)13(3)23-16-9-6-14(18)10-12(16)2/h4-10,13H,1-3H3,(H,19,20). The second kappa shape index (κ2) is 7.23. The van der Waals surface area contributed by atoms with Crippen LogP contribution in [-0.2, 0) is 14.8 Å². The molecule has 24 heavy (non-hydrogen) atoms. The number of hydrogen-bond donors (Lipinski definition) is 1. The number of carbonyl (C=O) groups excluding carboxylic acids is 1. The van der Waals surface area contributed by atoms with Gasteiger partial charge >= 0.3 is 0 Å². The van der Waals surface area contributed by atoms with Crippen molar-refractivity contribution in [3.63, 3.8) is 0 Å². The molecule has 0 aliphatic rings. The maximum absolute atomic E-state index is 12.2. The average Bonchev–Trinajstić information content (AvgIpc) is 2.50. The third-order valence-electron chi connectivity index (χ3n) is 3.38.